The van der Waals surface area contributed by atoms with Gasteiger partial charge in [0.25, 0.3) is 5.91 Å². The molecule has 4 aromatic carbocycles. The van der Waals surface area contributed by atoms with Crippen molar-refractivity contribution in [1.29, 1.82) is 0 Å². The van der Waals surface area contributed by atoms with Crippen LogP contribution in [0.4, 0.5) is 5.69 Å². The number of aromatic nitrogens is 3. The van der Waals surface area contributed by atoms with Crippen LogP contribution >= 0.6 is 0 Å². The van der Waals surface area contributed by atoms with Crippen molar-refractivity contribution in [1.82, 2.24) is 39.7 Å². The summed E-state index contributed by atoms with van der Waals surface area (Å²) < 4.78 is 25.3. The molecule has 23 nitrogen and oxygen atoms in total. The zero-order chi connectivity index (χ0) is 58.4. The summed E-state index contributed by atoms with van der Waals surface area (Å²) in [6.07, 6.45) is 3.65. The van der Waals surface area contributed by atoms with Crippen molar-refractivity contribution < 1.29 is 42.9 Å². The number of amides is 5. The van der Waals surface area contributed by atoms with Gasteiger partial charge in [0, 0.05) is 76.5 Å². The second-order valence-electron chi connectivity index (χ2n) is 20.9. The number of hydrogen-bond acceptors (Lipinski definition) is 14. The molecule has 2 atom stereocenters. The Morgan fingerprint density at radius 2 is 1.24 bits per heavy atom. The van der Waals surface area contributed by atoms with Gasteiger partial charge in [0.1, 0.15) is 6.04 Å². The number of ether oxygens (including phenoxy) is 4. The largest absolute Gasteiger partial charge is 0.379 e. The summed E-state index contributed by atoms with van der Waals surface area (Å²) in [5, 5.41) is 11.4. The van der Waals surface area contributed by atoms with Crippen LogP contribution in [0.3, 0.4) is 0 Å². The maximum Gasteiger partial charge on any atom is 0.352 e. The van der Waals surface area contributed by atoms with Gasteiger partial charge in [-0.25, -0.2) is 14.2 Å². The number of anilines is 1. The normalized spacial score (nSPS) is 16.3. The number of para-hydroxylation sites is 3. The Hall–Kier alpha value is -7.80. The quantitative estimate of drug-likeness (QED) is 0.0219. The summed E-state index contributed by atoms with van der Waals surface area (Å²) >= 11 is 0. The number of nitrogens with one attached hydrogen (secondary N) is 4. The highest BCUT2D eigenvalue weighted by Gasteiger charge is 2.41. The number of carbonyl (C=O) groups excluding carboxylic acids is 5. The third-order valence-electron chi connectivity index (χ3n) is 15.1. The number of nitrogens with two attached hydrogens (primary N) is 2. The van der Waals surface area contributed by atoms with Gasteiger partial charge in [0.2, 0.25) is 23.6 Å². The minimum absolute atomic E-state index is 0.0237. The third-order valence-corrected chi connectivity index (χ3v) is 15.1. The molecule has 0 spiro atoms. The molecule has 2 fully saturated rings. The molecule has 3 heterocycles. The number of hydrogen-bond donors (Lipinski definition) is 6. The Morgan fingerprint density at radius 3 is 1.87 bits per heavy atom. The summed E-state index contributed by atoms with van der Waals surface area (Å²) in [6, 6.07) is 31.8. The van der Waals surface area contributed by atoms with Crippen LogP contribution < -0.4 is 44.1 Å². The molecule has 2 aliphatic heterocycles. The third kappa shape index (κ3) is 16.9. The van der Waals surface area contributed by atoms with Gasteiger partial charge in [0.05, 0.1) is 76.7 Å². The topological polar surface area (TPSA) is 290 Å². The molecule has 1 aliphatic carbocycles. The van der Waals surface area contributed by atoms with Crippen LogP contribution in [0.15, 0.2) is 124 Å². The summed E-state index contributed by atoms with van der Waals surface area (Å²) in [5.74, 6) is -1.64. The van der Waals surface area contributed by atoms with E-state index in [9.17, 15) is 33.6 Å². The fraction of sp³-hybridized carbons (Fsp3) is 0.467. The van der Waals surface area contributed by atoms with E-state index >= 15 is 0 Å². The first-order chi connectivity index (χ1) is 40.4. The molecule has 8 rings (SSSR count). The lowest BCUT2D eigenvalue weighted by molar-refractivity contribution is -0.137. The zero-order valence-corrected chi connectivity index (χ0v) is 47.1. The molecule has 1 aromatic heterocycles. The van der Waals surface area contributed by atoms with Crippen molar-refractivity contribution in [3.05, 3.63) is 147 Å². The maximum atomic E-state index is 14.3. The van der Waals surface area contributed by atoms with Crippen molar-refractivity contribution in [3.8, 4) is 11.4 Å². The lowest BCUT2D eigenvalue weighted by Crippen LogP contribution is -2.51. The molecule has 0 bridgehead atoms. The smallest absolute Gasteiger partial charge is 0.352 e. The van der Waals surface area contributed by atoms with Crippen molar-refractivity contribution in [3.63, 3.8) is 0 Å². The molecule has 0 radical (unpaired) electrons. The predicted molar refractivity (Wildman–Crippen MR) is 312 cm³/mol. The molecular formula is C60H78N12O11. The highest BCUT2D eigenvalue weighted by molar-refractivity contribution is 6.07. The Morgan fingerprint density at radius 1 is 0.675 bits per heavy atom. The van der Waals surface area contributed by atoms with E-state index in [0.29, 0.717) is 102 Å². The molecular weight excluding hydrogens is 1060 g/mol. The Kier molecular flexibility index (Phi) is 22.9. The van der Waals surface area contributed by atoms with Gasteiger partial charge in [-0.05, 0) is 78.6 Å². The molecule has 3 aliphatic rings. The van der Waals surface area contributed by atoms with Crippen LogP contribution in [0.25, 0.3) is 11.4 Å². The van der Waals surface area contributed by atoms with Crippen LogP contribution in [0.1, 0.15) is 85.3 Å². The van der Waals surface area contributed by atoms with Gasteiger partial charge in [-0.3, -0.25) is 39.2 Å². The van der Waals surface area contributed by atoms with E-state index < -0.39 is 40.6 Å². The number of piperazine rings is 1. The van der Waals surface area contributed by atoms with Gasteiger partial charge in [-0.15, -0.1) is 0 Å². The molecule has 5 aromatic rings. The summed E-state index contributed by atoms with van der Waals surface area (Å²) in [6.45, 7) is 5.31. The molecule has 8 N–H and O–H groups in total. The predicted octanol–water partition coefficient (Wildman–Crippen LogP) is 2.86. The monoisotopic (exact) mass is 1140 g/mol. The fourth-order valence-electron chi connectivity index (χ4n) is 11.0. The highest BCUT2D eigenvalue weighted by atomic mass is 16.6. The second kappa shape index (κ2) is 31.0. The molecule has 1 saturated heterocycles. The standard InChI is InChI=1S/C60H78N12O11/c61-26-35-81-37-39-83-41-40-82-38-36-80-34-23-51(73)67-57(62)64-27-13-22-50(56(77)63-28-29-70-58(78)71(44-14-3-1-4-15-44)72(59(70)79)45-16-5-2-6-17-45)65-52(74)42-60(24-11-12-25-60)43-53(75)68-30-32-69(33-31-68)54-46-18-7-8-19-47(46)55(76)66-49-21-10-9-20-48(49)54/h1-10,14-21,50,54H,11-13,22-43,61H2,(H,63,77)(H,65,74)(H,66,76)(H3,62,64,67,73)/t50-,54?/m0/s1. The lowest BCUT2D eigenvalue weighted by Gasteiger charge is -2.41. The molecule has 23 heteroatoms. The molecule has 5 amide bonds. The van der Waals surface area contributed by atoms with E-state index in [4.69, 9.17) is 30.4 Å². The van der Waals surface area contributed by atoms with Crippen molar-refractivity contribution in [2.75, 3.05) is 104 Å². The summed E-state index contributed by atoms with van der Waals surface area (Å²) in [7, 11) is 0. The average molecular weight is 1140 g/mol. The number of aliphatic imine (C=N–C) groups is 1. The van der Waals surface area contributed by atoms with Gasteiger partial charge in [-0.2, -0.15) is 9.36 Å². The fourth-order valence-corrected chi connectivity index (χ4v) is 11.0. The molecule has 83 heavy (non-hydrogen) atoms. The van der Waals surface area contributed by atoms with Crippen LogP contribution in [0.5, 0.6) is 0 Å². The van der Waals surface area contributed by atoms with Gasteiger partial charge in [-0.1, -0.05) is 85.6 Å². The number of nitrogens with zero attached hydrogens (tertiary/aromatic N) is 6. The van der Waals surface area contributed by atoms with Crippen LogP contribution in [-0.4, -0.2) is 164 Å². The Balaban J connectivity index is 0.869. The number of rotatable bonds is 30. The van der Waals surface area contributed by atoms with Gasteiger partial charge < -0.3 is 51.3 Å². The van der Waals surface area contributed by atoms with Crippen molar-refractivity contribution in [2.24, 2.45) is 21.9 Å². The van der Waals surface area contributed by atoms with Crippen molar-refractivity contribution in [2.45, 2.75) is 76.4 Å². The molecule has 444 valence electrons. The van der Waals surface area contributed by atoms with Gasteiger partial charge in [0.15, 0.2) is 5.96 Å². The molecule has 1 unspecified atom stereocenters. The first kappa shape index (κ1) is 61.3. The van der Waals surface area contributed by atoms with E-state index in [2.05, 4.69) is 31.2 Å². The Labute approximate surface area is 482 Å². The average Bonchev–Trinajstić information content (AvgIpc) is 2.74. The van der Waals surface area contributed by atoms with Gasteiger partial charge >= 0.3 is 11.4 Å². The zero-order valence-electron chi connectivity index (χ0n) is 47.1. The molecule has 1 saturated carbocycles. The van der Waals surface area contributed by atoms with E-state index in [1.165, 1.54) is 9.36 Å². The SMILES string of the molecule is NCCOCCOCCOCCOCCC(=O)NC(N)=NCCC[C@H](NC(=O)CC1(CC(=O)N2CCN(C3c4ccccc4NC(=O)c4ccccc43)CC2)CCCC1)C(=O)NCCn1c(=O)n(-c2ccccc2)n(-c2ccccc2)c1=O. The van der Waals surface area contributed by atoms with Crippen LogP contribution in [0.2, 0.25) is 0 Å². The van der Waals surface area contributed by atoms with E-state index in [1.54, 1.807) is 60.7 Å². The number of benzene rings is 4. The second-order valence-corrected chi connectivity index (χ2v) is 20.9. The lowest BCUT2D eigenvalue weighted by atomic mass is 9.78. The number of guanidine groups is 1. The number of carbonyl (C=O) groups is 5. The maximum absolute atomic E-state index is 14.3. The highest BCUT2D eigenvalue weighted by Crippen LogP contribution is 2.45. The van der Waals surface area contributed by atoms with Crippen LogP contribution in [0, 0.1) is 5.41 Å². The first-order valence-corrected chi connectivity index (χ1v) is 28.7. The van der Waals surface area contributed by atoms with Crippen molar-refractivity contribution >= 4 is 41.2 Å². The van der Waals surface area contributed by atoms with E-state index in [-0.39, 0.29) is 88.8 Å². The number of fused-ring (bicyclic) bond motifs is 2. The first-order valence-electron chi connectivity index (χ1n) is 28.7. The van der Waals surface area contributed by atoms with E-state index in [0.717, 1.165) is 34.2 Å². The summed E-state index contributed by atoms with van der Waals surface area (Å²) in [4.78, 5) is 105. The van der Waals surface area contributed by atoms with Crippen LogP contribution in [-0.2, 0) is 44.7 Å². The minimum atomic E-state index is -1.07. The Bertz CT molecular complexity index is 3030. The van der Waals surface area contributed by atoms with E-state index in [1.807, 2.05) is 53.4 Å². The minimum Gasteiger partial charge on any atom is -0.379 e. The summed E-state index contributed by atoms with van der Waals surface area (Å²) in [5.41, 5.74) is 13.9.